The first-order chi connectivity index (χ1) is 11.5. The first-order valence-corrected chi connectivity index (χ1v) is 9.43. The maximum Gasteiger partial charge on any atom is 0.403 e. The van der Waals surface area contributed by atoms with Crippen LogP contribution in [0, 0.1) is 0 Å². The van der Waals surface area contributed by atoms with Gasteiger partial charge in [-0.1, -0.05) is 47.6 Å². The van der Waals surface area contributed by atoms with Crippen molar-refractivity contribution in [2.75, 3.05) is 13.7 Å². The summed E-state index contributed by atoms with van der Waals surface area (Å²) >= 11 is 0. The predicted molar refractivity (Wildman–Crippen MR) is 95.0 cm³/mol. The standard InChI is InChI=1S/C18H26F2O5S/c1-16(2,3)13-8-12(9-14(10-13)17(4,5)6)15(21)25-11-18(19,20)26(22,23)24-7/h8-10H,11H2,1-7H3. The fourth-order valence-corrected chi connectivity index (χ4v) is 2.49. The van der Waals surface area contributed by atoms with Gasteiger partial charge in [-0.3, -0.25) is 4.18 Å². The molecule has 0 saturated heterocycles. The Bertz CT molecular complexity index is 740. The van der Waals surface area contributed by atoms with Gasteiger partial charge in [0.05, 0.1) is 12.7 Å². The number of hydrogen-bond acceptors (Lipinski definition) is 5. The highest BCUT2D eigenvalue weighted by atomic mass is 32.2. The average molecular weight is 392 g/mol. The third-order valence-corrected chi connectivity index (χ3v) is 5.15. The van der Waals surface area contributed by atoms with Crippen molar-refractivity contribution in [3.63, 3.8) is 0 Å². The third kappa shape index (κ3) is 5.23. The number of hydrogen-bond donors (Lipinski definition) is 0. The molecule has 0 aliphatic rings. The fourth-order valence-electron chi connectivity index (χ4n) is 2.04. The number of benzene rings is 1. The summed E-state index contributed by atoms with van der Waals surface area (Å²) in [7, 11) is -4.53. The SMILES string of the molecule is COS(=O)(=O)C(F)(F)COC(=O)c1cc(C(C)(C)C)cc(C(C)(C)C)c1. The minimum Gasteiger partial charge on any atom is -0.454 e. The predicted octanol–water partition coefficient (Wildman–Crippen LogP) is 4.01. The van der Waals surface area contributed by atoms with Gasteiger partial charge in [0.1, 0.15) is 0 Å². The normalized spacial score (nSPS) is 13.6. The molecule has 5 nitrogen and oxygen atoms in total. The van der Waals surface area contributed by atoms with E-state index in [1.807, 2.05) is 47.6 Å². The fraction of sp³-hybridized carbons (Fsp3) is 0.611. The first kappa shape index (κ1) is 22.5. The van der Waals surface area contributed by atoms with Crippen LogP contribution in [0.3, 0.4) is 0 Å². The van der Waals surface area contributed by atoms with Crippen LogP contribution in [0.5, 0.6) is 0 Å². The minimum atomic E-state index is -5.15. The van der Waals surface area contributed by atoms with Crippen LogP contribution in [0.4, 0.5) is 8.78 Å². The van der Waals surface area contributed by atoms with Gasteiger partial charge in [0.25, 0.3) is 0 Å². The van der Waals surface area contributed by atoms with Gasteiger partial charge >= 0.3 is 21.3 Å². The highest BCUT2D eigenvalue weighted by Crippen LogP contribution is 2.31. The lowest BCUT2D eigenvalue weighted by Gasteiger charge is -2.26. The second-order valence-corrected chi connectivity index (χ2v) is 9.97. The Morgan fingerprint density at radius 2 is 1.38 bits per heavy atom. The summed E-state index contributed by atoms with van der Waals surface area (Å²) < 4.78 is 58.0. The summed E-state index contributed by atoms with van der Waals surface area (Å²) in [6, 6.07) is 5.10. The van der Waals surface area contributed by atoms with E-state index >= 15 is 0 Å². The summed E-state index contributed by atoms with van der Waals surface area (Å²) in [6.45, 7) is 10.2. The minimum absolute atomic E-state index is 0.0907. The lowest BCUT2D eigenvalue weighted by Crippen LogP contribution is -2.35. The van der Waals surface area contributed by atoms with Gasteiger partial charge < -0.3 is 4.74 Å². The van der Waals surface area contributed by atoms with Crippen LogP contribution in [0.1, 0.15) is 63.0 Å². The van der Waals surface area contributed by atoms with Gasteiger partial charge in [-0.15, -0.1) is 0 Å². The summed E-state index contributed by atoms with van der Waals surface area (Å²) in [6.07, 6.45) is 0. The average Bonchev–Trinajstić information content (AvgIpc) is 2.50. The van der Waals surface area contributed by atoms with Crippen LogP contribution in [0.2, 0.25) is 0 Å². The number of halogens is 2. The molecule has 0 radical (unpaired) electrons. The largest absolute Gasteiger partial charge is 0.454 e. The van der Waals surface area contributed by atoms with E-state index in [9.17, 15) is 22.0 Å². The van der Waals surface area contributed by atoms with E-state index in [0.29, 0.717) is 7.11 Å². The van der Waals surface area contributed by atoms with Crippen molar-refractivity contribution in [3.8, 4) is 0 Å². The van der Waals surface area contributed by atoms with Crippen LogP contribution in [-0.2, 0) is 29.9 Å². The molecule has 0 heterocycles. The van der Waals surface area contributed by atoms with Crippen LogP contribution in [0.15, 0.2) is 18.2 Å². The Labute approximate surface area is 153 Å². The van der Waals surface area contributed by atoms with Gasteiger partial charge in [-0.2, -0.15) is 17.2 Å². The van der Waals surface area contributed by atoms with E-state index in [1.165, 1.54) is 0 Å². The molecule has 0 aliphatic heterocycles. The lowest BCUT2D eigenvalue weighted by molar-refractivity contribution is -0.0106. The number of carbonyl (C=O) groups excluding carboxylic acids is 1. The Morgan fingerprint density at radius 1 is 0.962 bits per heavy atom. The number of alkyl halides is 2. The van der Waals surface area contributed by atoms with Crippen molar-refractivity contribution in [1.29, 1.82) is 0 Å². The maximum absolute atomic E-state index is 13.6. The number of ether oxygens (including phenoxy) is 1. The number of carbonyl (C=O) groups is 1. The molecule has 1 aromatic carbocycles. The van der Waals surface area contributed by atoms with Crippen LogP contribution >= 0.6 is 0 Å². The molecule has 0 aliphatic carbocycles. The molecule has 0 spiro atoms. The van der Waals surface area contributed by atoms with Gasteiger partial charge in [0.15, 0.2) is 6.61 Å². The lowest BCUT2D eigenvalue weighted by atomic mass is 9.79. The zero-order chi connectivity index (χ0) is 20.6. The van der Waals surface area contributed by atoms with Gasteiger partial charge in [-0.05, 0) is 34.1 Å². The van der Waals surface area contributed by atoms with Crippen LogP contribution in [0.25, 0.3) is 0 Å². The van der Waals surface area contributed by atoms with Crippen molar-refractivity contribution in [2.45, 2.75) is 57.6 Å². The molecule has 0 aromatic heterocycles. The van der Waals surface area contributed by atoms with Crippen molar-refractivity contribution in [3.05, 3.63) is 34.9 Å². The highest BCUT2D eigenvalue weighted by molar-refractivity contribution is 7.87. The molecule has 1 aromatic rings. The molecule has 0 N–H and O–H groups in total. The maximum atomic E-state index is 13.6. The Kier molecular flexibility index (Phi) is 6.26. The topological polar surface area (TPSA) is 69.7 Å². The van der Waals surface area contributed by atoms with Crippen molar-refractivity contribution < 1.29 is 30.9 Å². The third-order valence-electron chi connectivity index (χ3n) is 3.86. The van der Waals surface area contributed by atoms with Crippen LogP contribution in [-0.4, -0.2) is 33.4 Å². The van der Waals surface area contributed by atoms with Crippen molar-refractivity contribution >= 4 is 16.1 Å². The molecule has 0 unspecified atom stereocenters. The summed E-state index contributed by atoms with van der Waals surface area (Å²) in [5, 5.41) is -4.33. The van der Waals surface area contributed by atoms with E-state index < -0.39 is 27.9 Å². The molecule has 1 rings (SSSR count). The van der Waals surface area contributed by atoms with E-state index in [4.69, 9.17) is 0 Å². The zero-order valence-electron chi connectivity index (χ0n) is 16.1. The molecule has 0 amide bonds. The Hall–Kier alpha value is -1.54. The van der Waals surface area contributed by atoms with E-state index in [0.717, 1.165) is 11.1 Å². The van der Waals surface area contributed by atoms with Gasteiger partial charge in [0.2, 0.25) is 0 Å². The monoisotopic (exact) mass is 392 g/mol. The van der Waals surface area contributed by atoms with E-state index in [1.54, 1.807) is 12.1 Å². The van der Waals surface area contributed by atoms with Gasteiger partial charge in [-0.25, -0.2) is 4.79 Å². The Morgan fingerprint density at radius 3 is 1.73 bits per heavy atom. The Balaban J connectivity index is 3.20. The molecule has 0 atom stereocenters. The molecule has 0 fully saturated rings. The molecule has 26 heavy (non-hydrogen) atoms. The zero-order valence-corrected chi connectivity index (χ0v) is 17.0. The smallest absolute Gasteiger partial charge is 0.403 e. The molecule has 0 bridgehead atoms. The van der Waals surface area contributed by atoms with Crippen LogP contribution < -0.4 is 0 Å². The van der Waals surface area contributed by atoms with Crippen molar-refractivity contribution in [1.82, 2.24) is 0 Å². The van der Waals surface area contributed by atoms with E-state index in [-0.39, 0.29) is 16.4 Å². The molecule has 8 heteroatoms. The molecule has 0 saturated carbocycles. The quantitative estimate of drug-likeness (QED) is 0.559. The second kappa shape index (κ2) is 7.23. The molecular weight excluding hydrogens is 366 g/mol. The summed E-state index contributed by atoms with van der Waals surface area (Å²) in [5.41, 5.74) is 1.22. The molecule has 148 valence electrons. The van der Waals surface area contributed by atoms with Gasteiger partial charge in [0, 0.05) is 0 Å². The second-order valence-electron chi connectivity index (χ2n) is 8.13. The van der Waals surface area contributed by atoms with Crippen molar-refractivity contribution in [2.24, 2.45) is 0 Å². The summed E-state index contributed by atoms with van der Waals surface area (Å²) in [5.74, 6) is -1.02. The van der Waals surface area contributed by atoms with E-state index in [2.05, 4.69) is 8.92 Å². The molecular formula is C18H26F2O5S. The first-order valence-electron chi connectivity index (χ1n) is 8.02. The summed E-state index contributed by atoms with van der Waals surface area (Å²) in [4.78, 5) is 12.3. The number of rotatable bonds is 5. The highest BCUT2D eigenvalue weighted by Gasteiger charge is 2.47. The number of esters is 1.